The van der Waals surface area contributed by atoms with Crippen molar-refractivity contribution in [2.75, 3.05) is 26.1 Å². The number of aryl methyl sites for hydroxylation is 1. The molecule has 0 radical (unpaired) electrons. The quantitative estimate of drug-likeness (QED) is 0.766. The first-order valence-corrected chi connectivity index (χ1v) is 4.92. The van der Waals surface area contributed by atoms with Gasteiger partial charge in [-0.1, -0.05) is 0 Å². The fourth-order valence-electron chi connectivity index (χ4n) is 1.46. The van der Waals surface area contributed by atoms with E-state index in [0.717, 1.165) is 11.0 Å². The third kappa shape index (κ3) is 1.92. The van der Waals surface area contributed by atoms with Crippen molar-refractivity contribution >= 4 is 17.0 Å². The second-order valence-electron chi connectivity index (χ2n) is 3.39. The van der Waals surface area contributed by atoms with Gasteiger partial charge in [-0.3, -0.25) is 0 Å². The van der Waals surface area contributed by atoms with Gasteiger partial charge in [0.15, 0.2) is 0 Å². The molecular weight excluding hydrogens is 208 g/mol. The number of nitrogen functional groups attached to an aromatic ring is 1. The number of nitrogens with two attached hydrogens (primary N) is 1. The van der Waals surface area contributed by atoms with Gasteiger partial charge in [-0.05, 0) is 6.07 Å². The first-order valence-electron chi connectivity index (χ1n) is 4.92. The van der Waals surface area contributed by atoms with Crippen molar-refractivity contribution < 1.29 is 9.47 Å². The van der Waals surface area contributed by atoms with Gasteiger partial charge in [0.25, 0.3) is 0 Å². The molecule has 16 heavy (non-hydrogen) atoms. The number of nitrogens with zero attached hydrogens (tertiary/aromatic N) is 3. The summed E-state index contributed by atoms with van der Waals surface area (Å²) >= 11 is 0. The van der Waals surface area contributed by atoms with Crippen LogP contribution in [0.2, 0.25) is 0 Å². The maximum atomic E-state index is 5.61. The number of aromatic nitrogens is 3. The van der Waals surface area contributed by atoms with Crippen molar-refractivity contribution in [2.24, 2.45) is 7.05 Å². The number of fused-ring (bicyclic) bond motifs is 1. The second kappa shape index (κ2) is 4.36. The van der Waals surface area contributed by atoms with Gasteiger partial charge < -0.3 is 19.8 Å². The van der Waals surface area contributed by atoms with E-state index in [9.17, 15) is 0 Å². The molecule has 0 unspecified atom stereocenters. The lowest BCUT2D eigenvalue weighted by Crippen LogP contribution is -2.07. The van der Waals surface area contributed by atoms with E-state index in [1.807, 2.05) is 23.9 Å². The summed E-state index contributed by atoms with van der Waals surface area (Å²) in [5.74, 6) is 0.710. The van der Waals surface area contributed by atoms with Gasteiger partial charge in [-0.15, -0.1) is 0 Å². The van der Waals surface area contributed by atoms with Crippen LogP contribution in [0, 0.1) is 0 Å². The molecule has 0 saturated carbocycles. The lowest BCUT2D eigenvalue weighted by Gasteiger charge is -2.06. The summed E-state index contributed by atoms with van der Waals surface area (Å²) in [6.07, 6.45) is 1.89. The third-order valence-electron chi connectivity index (χ3n) is 2.23. The van der Waals surface area contributed by atoms with E-state index in [4.69, 9.17) is 15.2 Å². The van der Waals surface area contributed by atoms with Crippen molar-refractivity contribution in [3.05, 3.63) is 12.3 Å². The number of methoxy groups -OCH3 is 1. The van der Waals surface area contributed by atoms with Crippen LogP contribution < -0.4 is 10.5 Å². The van der Waals surface area contributed by atoms with Crippen LogP contribution in [-0.4, -0.2) is 34.9 Å². The van der Waals surface area contributed by atoms with E-state index in [2.05, 4.69) is 9.97 Å². The molecule has 86 valence electrons. The van der Waals surface area contributed by atoms with Crippen LogP contribution in [0.1, 0.15) is 0 Å². The number of rotatable bonds is 4. The molecule has 6 heteroatoms. The average Bonchev–Trinajstić information content (AvgIpc) is 2.61. The molecule has 2 aromatic heterocycles. The standard InChI is InChI=1S/C10H14N4O2/c1-14-4-3-7-8(14)12-10(11)13-9(7)16-6-5-15-2/h3-4H,5-6H2,1-2H3,(H2,11,12,13). The van der Waals surface area contributed by atoms with Crippen molar-refractivity contribution in [3.63, 3.8) is 0 Å². The normalized spacial score (nSPS) is 10.9. The predicted molar refractivity (Wildman–Crippen MR) is 60.3 cm³/mol. The van der Waals surface area contributed by atoms with Crippen LogP contribution in [0.25, 0.3) is 11.0 Å². The summed E-state index contributed by atoms with van der Waals surface area (Å²) in [6.45, 7) is 0.954. The lowest BCUT2D eigenvalue weighted by molar-refractivity contribution is 0.144. The molecule has 0 aliphatic carbocycles. The van der Waals surface area contributed by atoms with Crippen LogP contribution in [-0.2, 0) is 11.8 Å². The number of ether oxygens (including phenoxy) is 2. The molecule has 2 heterocycles. The Hall–Kier alpha value is -1.82. The fourth-order valence-corrected chi connectivity index (χ4v) is 1.46. The largest absolute Gasteiger partial charge is 0.475 e. The van der Waals surface area contributed by atoms with E-state index in [1.54, 1.807) is 7.11 Å². The highest BCUT2D eigenvalue weighted by Crippen LogP contribution is 2.23. The summed E-state index contributed by atoms with van der Waals surface area (Å²) in [7, 11) is 3.52. The first-order chi connectivity index (χ1) is 7.72. The minimum Gasteiger partial charge on any atom is -0.475 e. The highest BCUT2D eigenvalue weighted by Gasteiger charge is 2.09. The molecule has 0 atom stereocenters. The molecule has 0 aliphatic heterocycles. The van der Waals surface area contributed by atoms with Crippen molar-refractivity contribution in [1.82, 2.24) is 14.5 Å². The molecular formula is C10H14N4O2. The van der Waals surface area contributed by atoms with Crippen LogP contribution >= 0.6 is 0 Å². The zero-order chi connectivity index (χ0) is 11.5. The maximum absolute atomic E-state index is 5.61. The topological polar surface area (TPSA) is 75.2 Å². The first kappa shape index (κ1) is 10.7. The Morgan fingerprint density at radius 2 is 2.19 bits per heavy atom. The van der Waals surface area contributed by atoms with Crippen LogP contribution in [0.5, 0.6) is 5.88 Å². The molecule has 2 rings (SSSR count). The van der Waals surface area contributed by atoms with Gasteiger partial charge in [-0.2, -0.15) is 9.97 Å². The zero-order valence-electron chi connectivity index (χ0n) is 9.30. The Labute approximate surface area is 93.0 Å². The second-order valence-corrected chi connectivity index (χ2v) is 3.39. The molecule has 0 saturated heterocycles. The van der Waals surface area contributed by atoms with Gasteiger partial charge in [-0.25, -0.2) is 0 Å². The average molecular weight is 222 g/mol. The van der Waals surface area contributed by atoms with Gasteiger partial charge in [0.1, 0.15) is 12.3 Å². The van der Waals surface area contributed by atoms with Gasteiger partial charge in [0.05, 0.1) is 12.0 Å². The Kier molecular flexibility index (Phi) is 2.91. The Morgan fingerprint density at radius 1 is 1.38 bits per heavy atom. The monoisotopic (exact) mass is 222 g/mol. The van der Waals surface area contributed by atoms with Crippen molar-refractivity contribution in [1.29, 1.82) is 0 Å². The van der Waals surface area contributed by atoms with E-state index < -0.39 is 0 Å². The molecule has 0 aliphatic rings. The maximum Gasteiger partial charge on any atom is 0.228 e. The van der Waals surface area contributed by atoms with Gasteiger partial charge in [0.2, 0.25) is 11.8 Å². The number of hydrogen-bond donors (Lipinski definition) is 1. The van der Waals surface area contributed by atoms with E-state index in [1.165, 1.54) is 0 Å². The molecule has 0 fully saturated rings. The smallest absolute Gasteiger partial charge is 0.228 e. The third-order valence-corrected chi connectivity index (χ3v) is 2.23. The summed E-state index contributed by atoms with van der Waals surface area (Å²) in [5, 5.41) is 0.854. The highest BCUT2D eigenvalue weighted by molar-refractivity contribution is 5.82. The number of hydrogen-bond acceptors (Lipinski definition) is 5. The Bertz CT molecular complexity index is 495. The lowest BCUT2D eigenvalue weighted by atomic mass is 10.4. The molecule has 6 nitrogen and oxygen atoms in total. The number of anilines is 1. The van der Waals surface area contributed by atoms with Crippen LogP contribution in [0.15, 0.2) is 12.3 Å². The van der Waals surface area contributed by atoms with Crippen molar-refractivity contribution in [2.45, 2.75) is 0 Å². The minimum absolute atomic E-state index is 0.210. The summed E-state index contributed by atoms with van der Waals surface area (Å²) in [4.78, 5) is 8.20. The Morgan fingerprint density at radius 3 is 2.94 bits per heavy atom. The van der Waals surface area contributed by atoms with Crippen LogP contribution in [0.4, 0.5) is 5.95 Å². The summed E-state index contributed by atoms with van der Waals surface area (Å²) < 4.78 is 12.3. The van der Waals surface area contributed by atoms with Gasteiger partial charge in [0, 0.05) is 20.4 Å². The summed E-state index contributed by atoms with van der Waals surface area (Å²) in [6, 6.07) is 1.90. The van der Waals surface area contributed by atoms with E-state index >= 15 is 0 Å². The molecule has 0 amide bonds. The molecule has 0 aromatic carbocycles. The van der Waals surface area contributed by atoms with Crippen molar-refractivity contribution in [3.8, 4) is 5.88 Å². The Balaban J connectivity index is 2.35. The molecule has 2 aromatic rings. The predicted octanol–water partition coefficient (Wildman–Crippen LogP) is 0.576. The molecule has 0 bridgehead atoms. The minimum atomic E-state index is 0.210. The SMILES string of the molecule is COCCOc1nc(N)nc2c1ccn2C. The summed E-state index contributed by atoms with van der Waals surface area (Å²) in [5.41, 5.74) is 6.37. The van der Waals surface area contributed by atoms with Gasteiger partial charge >= 0.3 is 0 Å². The molecule has 2 N–H and O–H groups in total. The van der Waals surface area contributed by atoms with Crippen LogP contribution in [0.3, 0.4) is 0 Å². The zero-order valence-corrected chi connectivity index (χ0v) is 9.30. The van der Waals surface area contributed by atoms with E-state index in [0.29, 0.717) is 19.1 Å². The fraction of sp³-hybridized carbons (Fsp3) is 0.400. The molecule has 0 spiro atoms. The van der Waals surface area contributed by atoms with E-state index in [-0.39, 0.29) is 5.95 Å². The highest BCUT2D eigenvalue weighted by atomic mass is 16.5.